The Morgan fingerprint density at radius 1 is 1.25 bits per heavy atom. The summed E-state index contributed by atoms with van der Waals surface area (Å²) in [6.07, 6.45) is 2.12. The largest absolute Gasteiger partial charge is 0.188 e. The smallest absolute Gasteiger partial charge is 0.118 e. The van der Waals surface area contributed by atoms with Gasteiger partial charge in [0, 0.05) is 0 Å². The third-order valence-electron chi connectivity index (χ3n) is 1.76. The third-order valence-corrected chi connectivity index (χ3v) is 1.76. The van der Waals surface area contributed by atoms with Gasteiger partial charge in [-0.15, -0.1) is 18.5 Å². The zero-order valence-electron chi connectivity index (χ0n) is 7.40. The quantitative estimate of drug-likeness (QED) is 0.590. The standard InChI is InChI=1S/C11H13B/c1-3-12(2)10-9-11-7-5-4-6-8-11/h3-10H,1H2,2H3. The Kier molecular flexibility index (Phi) is 3.40. The molecule has 0 bridgehead atoms. The number of hydrogen-bond donors (Lipinski definition) is 0. The Morgan fingerprint density at radius 2 is 1.92 bits per heavy atom. The van der Waals surface area contributed by atoms with Gasteiger partial charge in [0.1, 0.15) is 0 Å². The Labute approximate surface area is 74.7 Å². The molecular weight excluding hydrogens is 143 g/mol. The van der Waals surface area contributed by atoms with E-state index in [1.165, 1.54) is 5.56 Å². The lowest BCUT2D eigenvalue weighted by atomic mass is 9.52. The molecule has 1 aromatic carbocycles. The highest BCUT2D eigenvalue weighted by Crippen LogP contribution is 2.01. The van der Waals surface area contributed by atoms with Crippen LogP contribution in [0.1, 0.15) is 5.56 Å². The summed E-state index contributed by atoms with van der Waals surface area (Å²) in [5, 5.41) is 0. The predicted octanol–water partition coefficient (Wildman–Crippen LogP) is 3.09. The molecule has 1 rings (SSSR count). The van der Waals surface area contributed by atoms with Gasteiger partial charge in [0.15, 0.2) is 6.71 Å². The highest BCUT2D eigenvalue weighted by Gasteiger charge is 1.92. The zero-order valence-corrected chi connectivity index (χ0v) is 7.40. The summed E-state index contributed by atoms with van der Waals surface area (Å²) in [5.41, 5.74) is 1.24. The normalized spacial score (nSPS) is 10.1. The molecule has 0 aliphatic rings. The summed E-state index contributed by atoms with van der Waals surface area (Å²) in [4.78, 5) is 0. The Balaban J connectivity index is 2.63. The van der Waals surface area contributed by atoms with Crippen molar-refractivity contribution >= 4 is 12.8 Å². The molecule has 60 valence electrons. The molecular formula is C11H13B. The van der Waals surface area contributed by atoms with Crippen LogP contribution in [0.2, 0.25) is 6.82 Å². The van der Waals surface area contributed by atoms with Crippen LogP contribution in [0.3, 0.4) is 0 Å². The molecule has 0 atom stereocenters. The molecule has 0 spiro atoms. The Hall–Kier alpha value is -1.24. The van der Waals surface area contributed by atoms with Crippen molar-refractivity contribution in [1.29, 1.82) is 0 Å². The first-order valence-corrected chi connectivity index (χ1v) is 4.18. The van der Waals surface area contributed by atoms with E-state index in [0.717, 1.165) is 0 Å². The summed E-state index contributed by atoms with van der Waals surface area (Å²) in [6.45, 7) is 6.29. The molecule has 1 aromatic rings. The highest BCUT2D eigenvalue weighted by atomic mass is 13.8. The van der Waals surface area contributed by atoms with E-state index in [4.69, 9.17) is 0 Å². The van der Waals surface area contributed by atoms with Crippen LogP contribution in [0.5, 0.6) is 0 Å². The molecule has 0 nitrogen and oxygen atoms in total. The minimum absolute atomic E-state index is 0.449. The van der Waals surface area contributed by atoms with Crippen molar-refractivity contribution in [3.8, 4) is 0 Å². The average Bonchev–Trinajstić information content (AvgIpc) is 2.16. The average molecular weight is 156 g/mol. The fourth-order valence-electron chi connectivity index (χ4n) is 0.906. The highest BCUT2D eigenvalue weighted by molar-refractivity contribution is 6.68. The van der Waals surface area contributed by atoms with Gasteiger partial charge in [-0.25, -0.2) is 0 Å². The van der Waals surface area contributed by atoms with Gasteiger partial charge in [0.05, 0.1) is 0 Å². The molecule has 0 heterocycles. The van der Waals surface area contributed by atoms with Crippen molar-refractivity contribution in [2.24, 2.45) is 0 Å². The monoisotopic (exact) mass is 156 g/mol. The lowest BCUT2D eigenvalue weighted by Gasteiger charge is -1.92. The molecule has 0 saturated carbocycles. The van der Waals surface area contributed by atoms with Crippen molar-refractivity contribution < 1.29 is 0 Å². The molecule has 0 unspecified atom stereocenters. The van der Waals surface area contributed by atoms with Crippen LogP contribution >= 0.6 is 0 Å². The molecule has 0 amide bonds. The fourth-order valence-corrected chi connectivity index (χ4v) is 0.906. The third kappa shape index (κ3) is 2.79. The van der Waals surface area contributed by atoms with Crippen LogP contribution in [0.25, 0.3) is 6.08 Å². The summed E-state index contributed by atoms with van der Waals surface area (Å²) in [7, 11) is 0. The number of benzene rings is 1. The van der Waals surface area contributed by atoms with Crippen molar-refractivity contribution in [2.75, 3.05) is 0 Å². The van der Waals surface area contributed by atoms with Crippen LogP contribution in [0.15, 0.2) is 48.9 Å². The van der Waals surface area contributed by atoms with Crippen LogP contribution in [-0.2, 0) is 0 Å². The van der Waals surface area contributed by atoms with E-state index in [-0.39, 0.29) is 0 Å². The molecule has 0 aliphatic carbocycles. The summed E-state index contributed by atoms with van der Waals surface area (Å²) >= 11 is 0. The Bertz CT molecular complexity index is 262. The maximum Gasteiger partial charge on any atom is 0.188 e. The van der Waals surface area contributed by atoms with Gasteiger partial charge in [0.2, 0.25) is 0 Å². The maximum absolute atomic E-state index is 3.72. The molecule has 0 fully saturated rings. The van der Waals surface area contributed by atoms with Gasteiger partial charge in [0.25, 0.3) is 0 Å². The van der Waals surface area contributed by atoms with Crippen molar-refractivity contribution in [3.63, 3.8) is 0 Å². The lowest BCUT2D eigenvalue weighted by molar-refractivity contribution is 1.66. The molecule has 0 aromatic heterocycles. The summed E-state index contributed by atoms with van der Waals surface area (Å²) in [5.74, 6) is 4.07. The number of hydrogen-bond acceptors (Lipinski definition) is 0. The molecule has 0 N–H and O–H groups in total. The van der Waals surface area contributed by atoms with E-state index in [9.17, 15) is 0 Å². The first kappa shape index (κ1) is 8.86. The number of rotatable bonds is 3. The van der Waals surface area contributed by atoms with Crippen LogP contribution in [0.4, 0.5) is 0 Å². The minimum atomic E-state index is 0.449. The van der Waals surface area contributed by atoms with E-state index in [1.54, 1.807) is 0 Å². The zero-order chi connectivity index (χ0) is 8.81. The van der Waals surface area contributed by atoms with Crippen LogP contribution in [0, 0.1) is 0 Å². The Morgan fingerprint density at radius 3 is 2.50 bits per heavy atom. The topological polar surface area (TPSA) is 0 Å². The molecule has 1 heteroatoms. The van der Waals surface area contributed by atoms with Gasteiger partial charge in [-0.05, 0) is 5.56 Å². The fraction of sp³-hybridized carbons (Fsp3) is 0.0909. The summed E-state index contributed by atoms with van der Waals surface area (Å²) in [6, 6.07) is 10.3. The van der Waals surface area contributed by atoms with Crippen LogP contribution < -0.4 is 0 Å². The van der Waals surface area contributed by atoms with Gasteiger partial charge in [-0.2, -0.15) is 0 Å². The first-order chi connectivity index (χ1) is 5.83. The molecule has 12 heavy (non-hydrogen) atoms. The van der Waals surface area contributed by atoms with Gasteiger partial charge >= 0.3 is 0 Å². The van der Waals surface area contributed by atoms with E-state index in [1.807, 2.05) is 24.2 Å². The van der Waals surface area contributed by atoms with Gasteiger partial charge in [-0.3, -0.25) is 0 Å². The van der Waals surface area contributed by atoms with E-state index in [2.05, 4.69) is 37.6 Å². The van der Waals surface area contributed by atoms with E-state index in [0.29, 0.717) is 6.71 Å². The first-order valence-electron chi connectivity index (χ1n) is 4.18. The lowest BCUT2D eigenvalue weighted by Crippen LogP contribution is -1.95. The second kappa shape index (κ2) is 4.60. The van der Waals surface area contributed by atoms with E-state index >= 15 is 0 Å². The molecule has 0 aliphatic heterocycles. The van der Waals surface area contributed by atoms with Crippen molar-refractivity contribution in [1.82, 2.24) is 0 Å². The predicted molar refractivity (Wildman–Crippen MR) is 57.3 cm³/mol. The SMILES string of the molecule is C=CB(C)C=Cc1ccccc1. The molecule has 0 saturated heterocycles. The van der Waals surface area contributed by atoms with Gasteiger partial charge < -0.3 is 0 Å². The summed E-state index contributed by atoms with van der Waals surface area (Å²) < 4.78 is 0. The minimum Gasteiger partial charge on any atom is -0.118 e. The van der Waals surface area contributed by atoms with Crippen molar-refractivity contribution in [3.05, 3.63) is 54.4 Å². The second-order valence-electron chi connectivity index (χ2n) is 2.86. The van der Waals surface area contributed by atoms with E-state index < -0.39 is 0 Å². The van der Waals surface area contributed by atoms with Crippen molar-refractivity contribution in [2.45, 2.75) is 6.82 Å². The van der Waals surface area contributed by atoms with Gasteiger partial charge in [-0.1, -0.05) is 43.2 Å². The molecule has 0 radical (unpaired) electrons. The second-order valence-corrected chi connectivity index (χ2v) is 2.86. The maximum atomic E-state index is 3.72. The van der Waals surface area contributed by atoms with Crippen LogP contribution in [-0.4, -0.2) is 6.71 Å².